The molecule has 0 N–H and O–H groups in total. The molecule has 156 valence electrons. The molecule has 32 heavy (non-hydrogen) atoms. The van der Waals surface area contributed by atoms with Crippen molar-refractivity contribution in [1.82, 2.24) is 9.97 Å². The van der Waals surface area contributed by atoms with E-state index in [1.54, 1.807) is 11.3 Å². The van der Waals surface area contributed by atoms with Gasteiger partial charge in [-0.3, -0.25) is 0 Å². The standard InChI is InChI=1S/C26H14N2OSSe.Pt/c1-2-10-23-22(9-1)28-26(31-23)19-6-4-8-21(16-19)29-20-7-3-5-18(15-20)24-25-17(11-13-27-24)12-14-30-25;/h1-14H;/q-2;+2. The zero-order valence-electron chi connectivity index (χ0n) is 16.5. The molecule has 0 fully saturated rings. The van der Waals surface area contributed by atoms with Crippen LogP contribution >= 0.6 is 11.3 Å². The first kappa shape index (κ1) is 21.3. The molecule has 0 saturated heterocycles. The third-order valence-electron chi connectivity index (χ3n) is 4.90. The predicted molar refractivity (Wildman–Crippen MR) is 127 cm³/mol. The zero-order chi connectivity index (χ0) is 20.6. The van der Waals surface area contributed by atoms with Crippen LogP contribution in [0.15, 0.2) is 84.4 Å². The quantitative estimate of drug-likeness (QED) is 0.156. The Balaban J connectivity index is 0.00000216. The van der Waals surface area contributed by atoms with E-state index in [1.807, 2.05) is 54.7 Å². The fourth-order valence-corrected chi connectivity index (χ4v) is 6.35. The van der Waals surface area contributed by atoms with Crippen LogP contribution in [-0.4, -0.2) is 24.5 Å². The van der Waals surface area contributed by atoms with Crippen molar-refractivity contribution in [2.45, 2.75) is 0 Å². The molecule has 6 heteroatoms. The molecule has 0 unspecified atom stereocenters. The predicted octanol–water partition coefficient (Wildman–Crippen LogP) is 6.63. The first-order chi connectivity index (χ1) is 15.3. The summed E-state index contributed by atoms with van der Waals surface area (Å²) < 4.78 is 9.67. The average molecular weight is 677 g/mol. The van der Waals surface area contributed by atoms with Crippen LogP contribution in [0, 0.1) is 12.1 Å². The molecule has 0 radical (unpaired) electrons. The molecule has 3 nitrogen and oxygen atoms in total. The van der Waals surface area contributed by atoms with Crippen molar-refractivity contribution >= 4 is 45.7 Å². The van der Waals surface area contributed by atoms with Gasteiger partial charge in [-0.05, 0) is 0 Å². The summed E-state index contributed by atoms with van der Waals surface area (Å²) in [5.41, 5.74) is 3.89. The van der Waals surface area contributed by atoms with Crippen molar-refractivity contribution in [1.29, 1.82) is 0 Å². The van der Waals surface area contributed by atoms with Gasteiger partial charge in [0.05, 0.1) is 0 Å². The number of hydrogen-bond acceptors (Lipinski definition) is 4. The molecule has 3 aromatic heterocycles. The summed E-state index contributed by atoms with van der Waals surface area (Å²) in [5, 5.41) is 3.28. The summed E-state index contributed by atoms with van der Waals surface area (Å²) >= 11 is 1.87. The maximum absolute atomic E-state index is 6.13. The molecule has 0 aliphatic heterocycles. The van der Waals surface area contributed by atoms with Gasteiger partial charge in [-0.15, -0.1) is 0 Å². The minimum absolute atomic E-state index is 0. The second-order valence-electron chi connectivity index (χ2n) is 6.94. The van der Waals surface area contributed by atoms with Gasteiger partial charge >= 0.3 is 211 Å². The summed E-state index contributed by atoms with van der Waals surface area (Å²) in [5.74, 6) is 1.30. The van der Waals surface area contributed by atoms with E-state index in [9.17, 15) is 0 Å². The van der Waals surface area contributed by atoms with Gasteiger partial charge in [-0.1, -0.05) is 0 Å². The van der Waals surface area contributed by atoms with Gasteiger partial charge in [-0.25, -0.2) is 0 Å². The number of fused-ring (bicyclic) bond motifs is 2. The van der Waals surface area contributed by atoms with Crippen LogP contribution in [0.3, 0.4) is 0 Å². The van der Waals surface area contributed by atoms with Crippen LogP contribution < -0.4 is 4.74 Å². The first-order valence-corrected chi connectivity index (χ1v) is 12.3. The molecule has 0 aliphatic carbocycles. The topological polar surface area (TPSA) is 35.0 Å². The van der Waals surface area contributed by atoms with Crippen molar-refractivity contribution in [3.63, 3.8) is 0 Å². The first-order valence-electron chi connectivity index (χ1n) is 9.74. The summed E-state index contributed by atoms with van der Waals surface area (Å²) in [4.78, 5) is 9.38. The van der Waals surface area contributed by atoms with Gasteiger partial charge < -0.3 is 0 Å². The van der Waals surface area contributed by atoms with E-state index in [0.29, 0.717) is 11.5 Å². The van der Waals surface area contributed by atoms with Crippen LogP contribution in [-0.2, 0) is 21.1 Å². The van der Waals surface area contributed by atoms with Gasteiger partial charge in [-0.2, -0.15) is 0 Å². The Morgan fingerprint density at radius 1 is 0.812 bits per heavy atom. The van der Waals surface area contributed by atoms with E-state index in [0.717, 1.165) is 31.6 Å². The van der Waals surface area contributed by atoms with Crippen molar-refractivity contribution in [3.05, 3.63) is 96.5 Å². The Morgan fingerprint density at radius 3 is 2.44 bits per heavy atom. The fraction of sp³-hybridized carbons (Fsp3) is 0. The molecule has 6 aromatic rings. The molecular weight excluding hydrogens is 662 g/mol. The Labute approximate surface area is 209 Å². The second kappa shape index (κ2) is 9.13. The van der Waals surface area contributed by atoms with Crippen LogP contribution in [0.2, 0.25) is 0 Å². The summed E-state index contributed by atoms with van der Waals surface area (Å²) in [7, 11) is 0. The van der Waals surface area contributed by atoms with Crippen LogP contribution in [0.4, 0.5) is 0 Å². The van der Waals surface area contributed by atoms with Gasteiger partial charge in [0.1, 0.15) is 0 Å². The summed E-state index contributed by atoms with van der Waals surface area (Å²) in [6.45, 7) is 0. The number of para-hydroxylation sites is 1. The van der Waals surface area contributed by atoms with Crippen LogP contribution in [0.5, 0.6) is 11.5 Å². The molecule has 0 aliphatic rings. The van der Waals surface area contributed by atoms with Crippen molar-refractivity contribution in [2.75, 3.05) is 0 Å². The van der Waals surface area contributed by atoms with E-state index in [2.05, 4.69) is 46.8 Å². The Morgan fingerprint density at radius 2 is 1.59 bits per heavy atom. The Kier molecular flexibility index (Phi) is 6.08. The molecule has 0 bridgehead atoms. The number of hydrogen-bond donors (Lipinski definition) is 0. The van der Waals surface area contributed by atoms with Gasteiger partial charge in [0.15, 0.2) is 0 Å². The number of rotatable bonds is 4. The molecule has 6 rings (SSSR count). The number of thiophene rings is 1. The molecule has 0 saturated carbocycles. The number of aromatic nitrogens is 2. The summed E-state index contributed by atoms with van der Waals surface area (Å²) in [6, 6.07) is 31.0. The number of pyridine rings is 1. The molecule has 3 heterocycles. The monoisotopic (exact) mass is 677 g/mol. The van der Waals surface area contributed by atoms with Gasteiger partial charge in [0.25, 0.3) is 0 Å². The van der Waals surface area contributed by atoms with E-state index < -0.39 is 0 Å². The van der Waals surface area contributed by atoms with Crippen LogP contribution in [0.25, 0.3) is 41.3 Å². The third-order valence-corrected chi connectivity index (χ3v) is 8.09. The number of nitrogens with zero attached hydrogens (tertiary/aromatic N) is 2. The van der Waals surface area contributed by atoms with Crippen molar-refractivity contribution in [2.24, 2.45) is 0 Å². The fourth-order valence-electron chi connectivity index (χ4n) is 3.47. The normalized spacial score (nSPS) is 10.9. The second-order valence-corrected chi connectivity index (χ2v) is 10.0. The summed E-state index contributed by atoms with van der Waals surface area (Å²) in [6.07, 6.45) is 1.84. The number of benzene rings is 3. The molecule has 3 aromatic carbocycles. The molecule has 0 atom stereocenters. The van der Waals surface area contributed by atoms with E-state index >= 15 is 0 Å². The van der Waals surface area contributed by atoms with E-state index in [-0.39, 0.29) is 35.6 Å². The van der Waals surface area contributed by atoms with Crippen molar-refractivity contribution in [3.8, 4) is 32.9 Å². The van der Waals surface area contributed by atoms with Crippen molar-refractivity contribution < 1.29 is 25.8 Å². The molecule has 0 amide bonds. The minimum atomic E-state index is 0. The van der Waals surface area contributed by atoms with Crippen LogP contribution in [0.1, 0.15) is 0 Å². The zero-order valence-corrected chi connectivity index (χ0v) is 21.3. The SMILES string of the molecule is [Pt+2].[c-]1c(Oc2[c-]c(-c3nccc4ccsc34)ccc2)cccc1-c1nc2ccccc2[se]1. The maximum atomic E-state index is 6.13. The van der Waals surface area contributed by atoms with Gasteiger partial charge in [0, 0.05) is 0 Å². The Hall–Kier alpha value is -2.55. The molecular formula is C26H14N2OPtSSe. The Bertz CT molecular complexity index is 1510. The molecule has 0 spiro atoms. The van der Waals surface area contributed by atoms with Gasteiger partial charge in [0.2, 0.25) is 0 Å². The van der Waals surface area contributed by atoms with E-state index in [4.69, 9.17) is 9.72 Å². The number of ether oxygens (including phenoxy) is 1. The third kappa shape index (κ3) is 4.10. The van der Waals surface area contributed by atoms with E-state index in [1.165, 1.54) is 9.65 Å². The average Bonchev–Trinajstić information content (AvgIpc) is 3.46.